The number of ketones is 1. The molecule has 1 aliphatic carbocycles. The number of Topliss-reactive ketones (excluding diaryl/α,β-unsaturated/α-hetero) is 1. The summed E-state index contributed by atoms with van der Waals surface area (Å²) in [4.78, 5) is 18.3. The molecule has 1 aliphatic heterocycles. The molecule has 2 heterocycles. The number of carbonyl (C=O) groups excluding carboxylic acids is 1. The van der Waals surface area contributed by atoms with E-state index in [1.807, 2.05) is 0 Å². The maximum atomic E-state index is 13.8. The summed E-state index contributed by atoms with van der Waals surface area (Å²) < 4.78 is 19.4. The SMILES string of the molecule is O=C(CN1C[C@@H]2C[C@@](O)(Oc3ccccc3F)C[C@@H]2C1)c1ccc(O)cn1. The maximum Gasteiger partial charge on any atom is 0.208 e. The number of pyridine rings is 1. The van der Waals surface area contributed by atoms with Crippen LogP contribution < -0.4 is 4.74 Å². The van der Waals surface area contributed by atoms with Gasteiger partial charge in [0.25, 0.3) is 0 Å². The van der Waals surface area contributed by atoms with Gasteiger partial charge in [-0.2, -0.15) is 0 Å². The van der Waals surface area contributed by atoms with Gasteiger partial charge in [-0.15, -0.1) is 0 Å². The number of hydrogen-bond donors (Lipinski definition) is 2. The minimum absolute atomic E-state index is 0.0244. The summed E-state index contributed by atoms with van der Waals surface area (Å²) in [6, 6.07) is 9.01. The fraction of sp³-hybridized carbons (Fsp3) is 0.400. The first kappa shape index (κ1) is 17.9. The average molecular weight is 372 g/mol. The fourth-order valence-electron chi connectivity index (χ4n) is 4.18. The normalized spacial score (nSPS) is 27.5. The molecule has 2 fully saturated rings. The lowest BCUT2D eigenvalue weighted by Gasteiger charge is -2.27. The smallest absolute Gasteiger partial charge is 0.208 e. The fourth-order valence-corrected chi connectivity index (χ4v) is 4.18. The van der Waals surface area contributed by atoms with Gasteiger partial charge in [0.2, 0.25) is 5.79 Å². The Balaban J connectivity index is 1.34. The first-order chi connectivity index (χ1) is 12.9. The predicted molar refractivity (Wildman–Crippen MR) is 94.9 cm³/mol. The Bertz CT molecular complexity index is 828. The number of aromatic nitrogens is 1. The Hall–Kier alpha value is -2.51. The highest BCUT2D eigenvalue weighted by molar-refractivity contribution is 5.95. The lowest BCUT2D eigenvalue weighted by atomic mass is 10.0. The van der Waals surface area contributed by atoms with Crippen LogP contribution in [0, 0.1) is 17.7 Å². The molecular formula is C20H21FN2O4. The van der Waals surface area contributed by atoms with Crippen LogP contribution >= 0.6 is 0 Å². The van der Waals surface area contributed by atoms with E-state index in [9.17, 15) is 19.4 Å². The van der Waals surface area contributed by atoms with E-state index in [0.29, 0.717) is 31.6 Å². The zero-order valence-electron chi connectivity index (χ0n) is 14.7. The Morgan fingerprint density at radius 3 is 2.56 bits per heavy atom. The molecule has 1 aromatic carbocycles. The number of aromatic hydroxyl groups is 1. The molecule has 1 saturated carbocycles. The number of fused-ring (bicyclic) bond motifs is 1. The van der Waals surface area contributed by atoms with Crippen LogP contribution in [0.1, 0.15) is 23.3 Å². The molecule has 3 atom stereocenters. The monoisotopic (exact) mass is 372 g/mol. The van der Waals surface area contributed by atoms with Crippen molar-refractivity contribution in [3.63, 3.8) is 0 Å². The molecular weight excluding hydrogens is 351 g/mol. The molecule has 7 heteroatoms. The lowest BCUT2D eigenvalue weighted by Crippen LogP contribution is -2.37. The second-order valence-electron chi connectivity index (χ2n) is 7.43. The van der Waals surface area contributed by atoms with Gasteiger partial charge in [0.05, 0.1) is 12.7 Å². The second-order valence-corrected chi connectivity index (χ2v) is 7.43. The number of rotatable bonds is 5. The van der Waals surface area contributed by atoms with Crippen molar-refractivity contribution in [2.45, 2.75) is 18.6 Å². The van der Waals surface area contributed by atoms with Crippen LogP contribution in [-0.4, -0.2) is 51.3 Å². The summed E-state index contributed by atoms with van der Waals surface area (Å²) in [6.07, 6.45) is 2.08. The molecule has 142 valence electrons. The van der Waals surface area contributed by atoms with Crippen molar-refractivity contribution < 1.29 is 24.1 Å². The van der Waals surface area contributed by atoms with Gasteiger partial charge in [-0.1, -0.05) is 12.1 Å². The third-order valence-electron chi connectivity index (χ3n) is 5.35. The van der Waals surface area contributed by atoms with Crippen LogP contribution in [0.2, 0.25) is 0 Å². The highest BCUT2D eigenvalue weighted by Gasteiger charge is 2.50. The topological polar surface area (TPSA) is 82.9 Å². The standard InChI is InChI=1S/C20H21FN2O4/c21-16-3-1-2-4-19(16)27-20(26)7-13-10-23(11-14(13)8-20)12-18(25)17-6-5-15(24)9-22-17/h1-6,9,13-14,24,26H,7-8,10-12H2/t13-,14+,20+. The van der Waals surface area contributed by atoms with Crippen molar-refractivity contribution in [2.75, 3.05) is 19.6 Å². The molecule has 0 radical (unpaired) electrons. The first-order valence-electron chi connectivity index (χ1n) is 8.98. The van der Waals surface area contributed by atoms with E-state index in [1.54, 1.807) is 12.1 Å². The molecule has 0 bridgehead atoms. The summed E-state index contributed by atoms with van der Waals surface area (Å²) in [5, 5.41) is 20.0. The third-order valence-corrected chi connectivity index (χ3v) is 5.35. The molecule has 6 nitrogen and oxygen atoms in total. The molecule has 0 unspecified atom stereocenters. The van der Waals surface area contributed by atoms with Gasteiger partial charge in [-0.05, 0) is 36.1 Å². The molecule has 4 rings (SSSR count). The number of likely N-dealkylation sites (tertiary alicyclic amines) is 1. The van der Waals surface area contributed by atoms with Crippen molar-refractivity contribution in [3.8, 4) is 11.5 Å². The van der Waals surface area contributed by atoms with Crippen LogP contribution in [-0.2, 0) is 0 Å². The number of carbonyl (C=O) groups is 1. The van der Waals surface area contributed by atoms with Crippen molar-refractivity contribution in [2.24, 2.45) is 11.8 Å². The van der Waals surface area contributed by atoms with E-state index >= 15 is 0 Å². The van der Waals surface area contributed by atoms with Crippen molar-refractivity contribution in [1.29, 1.82) is 0 Å². The molecule has 2 N–H and O–H groups in total. The van der Waals surface area contributed by atoms with Gasteiger partial charge in [-0.25, -0.2) is 9.37 Å². The zero-order valence-corrected chi connectivity index (χ0v) is 14.7. The molecule has 0 amide bonds. The van der Waals surface area contributed by atoms with E-state index < -0.39 is 11.6 Å². The van der Waals surface area contributed by atoms with Gasteiger partial charge in [0, 0.05) is 25.9 Å². The Labute approximate surface area is 156 Å². The predicted octanol–water partition coefficient (Wildman–Crippen LogP) is 2.22. The van der Waals surface area contributed by atoms with Crippen molar-refractivity contribution >= 4 is 5.78 Å². The number of benzene rings is 1. The number of halogens is 1. The maximum absolute atomic E-state index is 13.8. The van der Waals surface area contributed by atoms with Crippen LogP contribution in [0.4, 0.5) is 4.39 Å². The molecule has 27 heavy (non-hydrogen) atoms. The summed E-state index contributed by atoms with van der Waals surface area (Å²) >= 11 is 0. The van der Waals surface area contributed by atoms with Crippen LogP contribution in [0.3, 0.4) is 0 Å². The third kappa shape index (κ3) is 3.79. The Kier molecular flexibility index (Phi) is 4.57. The summed E-state index contributed by atoms with van der Waals surface area (Å²) in [7, 11) is 0. The lowest BCUT2D eigenvalue weighted by molar-refractivity contribution is -0.138. The van der Waals surface area contributed by atoms with Gasteiger partial charge in [0.1, 0.15) is 11.4 Å². The van der Waals surface area contributed by atoms with Crippen LogP contribution in [0.25, 0.3) is 0 Å². The van der Waals surface area contributed by atoms with Crippen molar-refractivity contribution in [3.05, 3.63) is 54.1 Å². The molecule has 1 saturated heterocycles. The summed E-state index contributed by atoms with van der Waals surface area (Å²) in [5.41, 5.74) is 0.323. The Morgan fingerprint density at radius 2 is 1.93 bits per heavy atom. The van der Waals surface area contributed by atoms with Crippen molar-refractivity contribution in [1.82, 2.24) is 9.88 Å². The van der Waals surface area contributed by atoms with Gasteiger partial charge in [-0.3, -0.25) is 9.69 Å². The van der Waals surface area contributed by atoms with Crippen LogP contribution in [0.15, 0.2) is 42.6 Å². The largest absolute Gasteiger partial charge is 0.506 e. The second kappa shape index (κ2) is 6.90. The van der Waals surface area contributed by atoms with E-state index in [1.165, 1.54) is 30.5 Å². The van der Waals surface area contributed by atoms with E-state index in [2.05, 4.69) is 9.88 Å². The first-order valence-corrected chi connectivity index (χ1v) is 8.98. The number of hydrogen-bond acceptors (Lipinski definition) is 6. The quantitative estimate of drug-likeness (QED) is 0.619. The molecule has 2 aromatic rings. The van der Waals surface area contributed by atoms with E-state index in [4.69, 9.17) is 4.74 Å². The highest BCUT2D eigenvalue weighted by Crippen LogP contribution is 2.44. The van der Waals surface area contributed by atoms with Gasteiger partial charge >= 0.3 is 0 Å². The highest BCUT2D eigenvalue weighted by atomic mass is 19.1. The van der Waals surface area contributed by atoms with Gasteiger partial charge < -0.3 is 14.9 Å². The number of nitrogens with zero attached hydrogens (tertiary/aromatic N) is 2. The average Bonchev–Trinajstić information content (AvgIpc) is 3.11. The minimum atomic E-state index is -1.37. The number of aliphatic hydroxyl groups is 1. The minimum Gasteiger partial charge on any atom is -0.506 e. The number of ether oxygens (including phenoxy) is 1. The van der Waals surface area contributed by atoms with E-state index in [-0.39, 0.29) is 35.7 Å². The molecule has 0 spiro atoms. The zero-order chi connectivity index (χ0) is 19.0. The summed E-state index contributed by atoms with van der Waals surface area (Å²) in [6.45, 7) is 1.60. The van der Waals surface area contributed by atoms with E-state index in [0.717, 1.165) is 0 Å². The van der Waals surface area contributed by atoms with Gasteiger partial charge in [0.15, 0.2) is 17.3 Å². The molecule has 2 aliphatic rings. The molecule has 1 aromatic heterocycles. The summed E-state index contributed by atoms with van der Waals surface area (Å²) in [5.74, 6) is -1.48. The van der Waals surface area contributed by atoms with Crippen LogP contribution in [0.5, 0.6) is 11.5 Å². The number of para-hydroxylation sites is 1. The Morgan fingerprint density at radius 1 is 1.22 bits per heavy atom.